The van der Waals surface area contributed by atoms with Crippen molar-refractivity contribution in [1.29, 1.82) is 0 Å². The molecular weight excluding hydrogens is 383 g/mol. The summed E-state index contributed by atoms with van der Waals surface area (Å²) < 4.78 is 40.8. The number of nitrogens with one attached hydrogen (secondary N) is 1. The van der Waals surface area contributed by atoms with Crippen LogP contribution < -0.4 is 10.1 Å². The monoisotopic (exact) mass is 401 g/mol. The number of hydrogen-bond donors (Lipinski definition) is 2. The Kier molecular flexibility index (Phi) is 7.50. The first-order valence-electron chi connectivity index (χ1n) is 8.22. The number of aliphatic hydroxyl groups excluding tert-OH is 1. The number of ether oxygens (including phenoxy) is 1. The minimum atomic E-state index is -4.76. The second-order valence-corrected chi connectivity index (χ2v) is 6.43. The Morgan fingerprint density at radius 1 is 1.19 bits per heavy atom. The Bertz CT molecular complexity index is 768. The largest absolute Gasteiger partial charge is 0.573 e. The van der Waals surface area contributed by atoms with Crippen molar-refractivity contribution in [2.75, 3.05) is 13.2 Å². The second kappa shape index (κ2) is 9.62. The van der Waals surface area contributed by atoms with Crippen LogP contribution in [0.3, 0.4) is 0 Å². The topological polar surface area (TPSA) is 58.6 Å². The van der Waals surface area contributed by atoms with Gasteiger partial charge in [0.25, 0.3) is 0 Å². The van der Waals surface area contributed by atoms with E-state index in [4.69, 9.17) is 11.6 Å². The molecular formula is C19H19ClF3NO3. The Labute approximate surface area is 159 Å². The normalized spacial score (nSPS) is 12.5. The zero-order valence-electron chi connectivity index (χ0n) is 14.3. The Morgan fingerprint density at radius 3 is 2.59 bits per heavy atom. The Balaban J connectivity index is 1.89. The second-order valence-electron chi connectivity index (χ2n) is 6.02. The summed E-state index contributed by atoms with van der Waals surface area (Å²) in [5, 5.41) is 12.7. The summed E-state index contributed by atoms with van der Waals surface area (Å²) in [6, 6.07) is 12.5. The lowest BCUT2D eigenvalue weighted by atomic mass is 9.99. The molecule has 2 aromatic carbocycles. The van der Waals surface area contributed by atoms with Gasteiger partial charge in [-0.15, -0.1) is 13.2 Å². The number of aliphatic hydroxyl groups is 1. The number of halogens is 4. The van der Waals surface area contributed by atoms with Gasteiger partial charge in [-0.25, -0.2) is 0 Å². The summed E-state index contributed by atoms with van der Waals surface area (Å²) in [7, 11) is 0. The fourth-order valence-electron chi connectivity index (χ4n) is 2.54. The predicted octanol–water partition coefficient (Wildman–Crippen LogP) is 3.75. The molecule has 0 heterocycles. The molecule has 0 radical (unpaired) electrons. The van der Waals surface area contributed by atoms with Gasteiger partial charge in [-0.1, -0.05) is 41.9 Å². The lowest BCUT2D eigenvalue weighted by Crippen LogP contribution is -2.32. The highest BCUT2D eigenvalue weighted by atomic mass is 35.5. The molecule has 0 aromatic heterocycles. The summed E-state index contributed by atoms with van der Waals surface area (Å²) >= 11 is 6.01. The zero-order chi connectivity index (χ0) is 19.9. The SMILES string of the molecule is O=C(Cc1ccccc1Cl)NC[C@H](CO)Cc1cccc(OC(F)(F)F)c1. The van der Waals surface area contributed by atoms with Crippen LogP contribution in [0.2, 0.25) is 5.02 Å². The Hall–Kier alpha value is -2.25. The molecule has 2 aromatic rings. The number of carbonyl (C=O) groups excluding carboxylic acids is 1. The molecule has 27 heavy (non-hydrogen) atoms. The molecule has 4 nitrogen and oxygen atoms in total. The fourth-order valence-corrected chi connectivity index (χ4v) is 2.74. The molecule has 0 aliphatic heterocycles. The molecule has 0 spiro atoms. The van der Waals surface area contributed by atoms with Crippen LogP contribution in [0.4, 0.5) is 13.2 Å². The first-order chi connectivity index (χ1) is 12.8. The van der Waals surface area contributed by atoms with Crippen LogP contribution in [-0.2, 0) is 17.6 Å². The standard InChI is InChI=1S/C19H19ClF3NO3/c20-17-7-2-1-5-15(17)10-18(26)24-11-14(12-25)8-13-4-3-6-16(9-13)27-19(21,22)23/h1-7,9,14,25H,8,10-12H2,(H,24,26)/t14-/m1/s1. The predicted molar refractivity (Wildman–Crippen MR) is 95.6 cm³/mol. The molecule has 0 saturated heterocycles. The number of hydrogen-bond acceptors (Lipinski definition) is 3. The van der Waals surface area contributed by atoms with Gasteiger partial charge in [0.15, 0.2) is 0 Å². The van der Waals surface area contributed by atoms with Gasteiger partial charge in [0.05, 0.1) is 6.42 Å². The van der Waals surface area contributed by atoms with Crippen LogP contribution in [0, 0.1) is 5.92 Å². The van der Waals surface area contributed by atoms with Gasteiger partial charge in [0, 0.05) is 24.1 Å². The molecule has 1 amide bonds. The van der Waals surface area contributed by atoms with E-state index in [2.05, 4.69) is 10.1 Å². The van der Waals surface area contributed by atoms with E-state index in [1.54, 1.807) is 30.3 Å². The molecule has 2 N–H and O–H groups in total. The van der Waals surface area contributed by atoms with Gasteiger partial charge in [-0.2, -0.15) is 0 Å². The highest BCUT2D eigenvalue weighted by molar-refractivity contribution is 6.31. The maximum atomic E-state index is 12.3. The van der Waals surface area contributed by atoms with E-state index in [1.165, 1.54) is 18.2 Å². The average molecular weight is 402 g/mol. The van der Waals surface area contributed by atoms with E-state index in [0.29, 0.717) is 16.1 Å². The molecule has 0 bridgehead atoms. The molecule has 1 atom stereocenters. The van der Waals surface area contributed by atoms with Crippen LogP contribution >= 0.6 is 11.6 Å². The van der Waals surface area contributed by atoms with Crippen molar-refractivity contribution in [2.45, 2.75) is 19.2 Å². The summed E-state index contributed by atoms with van der Waals surface area (Å²) in [5.41, 5.74) is 1.25. The van der Waals surface area contributed by atoms with E-state index in [-0.39, 0.29) is 43.6 Å². The quantitative estimate of drug-likeness (QED) is 0.708. The van der Waals surface area contributed by atoms with Crippen molar-refractivity contribution < 1.29 is 27.8 Å². The summed E-state index contributed by atoms with van der Waals surface area (Å²) in [5.74, 6) is -0.920. The molecule has 2 rings (SSSR count). The number of alkyl halides is 3. The van der Waals surface area contributed by atoms with Crippen molar-refractivity contribution in [2.24, 2.45) is 5.92 Å². The van der Waals surface area contributed by atoms with Crippen LogP contribution in [0.1, 0.15) is 11.1 Å². The van der Waals surface area contributed by atoms with Crippen LogP contribution in [0.5, 0.6) is 5.75 Å². The van der Waals surface area contributed by atoms with E-state index >= 15 is 0 Å². The maximum absolute atomic E-state index is 12.3. The third-order valence-corrected chi connectivity index (χ3v) is 4.18. The molecule has 8 heteroatoms. The van der Waals surface area contributed by atoms with Crippen molar-refractivity contribution in [3.63, 3.8) is 0 Å². The van der Waals surface area contributed by atoms with Crippen LogP contribution in [0.25, 0.3) is 0 Å². The first kappa shape index (κ1) is 21.1. The zero-order valence-corrected chi connectivity index (χ0v) is 15.1. The Morgan fingerprint density at radius 2 is 1.93 bits per heavy atom. The van der Waals surface area contributed by atoms with Gasteiger partial charge in [0.2, 0.25) is 5.91 Å². The minimum Gasteiger partial charge on any atom is -0.406 e. The highest BCUT2D eigenvalue weighted by Gasteiger charge is 2.31. The third-order valence-electron chi connectivity index (χ3n) is 3.81. The molecule has 0 unspecified atom stereocenters. The first-order valence-corrected chi connectivity index (χ1v) is 8.60. The van der Waals surface area contributed by atoms with E-state index in [1.807, 2.05) is 0 Å². The van der Waals surface area contributed by atoms with Crippen molar-refractivity contribution >= 4 is 17.5 Å². The number of rotatable bonds is 8. The molecule has 0 aliphatic rings. The van der Waals surface area contributed by atoms with Crippen molar-refractivity contribution in [3.8, 4) is 5.75 Å². The fraction of sp³-hybridized carbons (Fsp3) is 0.316. The molecule has 0 fully saturated rings. The summed E-state index contributed by atoms with van der Waals surface area (Å²) in [4.78, 5) is 12.1. The van der Waals surface area contributed by atoms with Crippen molar-refractivity contribution in [3.05, 3.63) is 64.7 Å². The smallest absolute Gasteiger partial charge is 0.406 e. The maximum Gasteiger partial charge on any atom is 0.573 e. The van der Waals surface area contributed by atoms with Crippen LogP contribution in [0.15, 0.2) is 48.5 Å². The minimum absolute atomic E-state index is 0.104. The van der Waals surface area contributed by atoms with E-state index < -0.39 is 6.36 Å². The summed E-state index contributed by atoms with van der Waals surface area (Å²) in [6.45, 7) is -0.0408. The number of benzene rings is 2. The van der Waals surface area contributed by atoms with Gasteiger partial charge >= 0.3 is 6.36 Å². The van der Waals surface area contributed by atoms with E-state index in [0.717, 1.165) is 0 Å². The van der Waals surface area contributed by atoms with Gasteiger partial charge in [-0.05, 0) is 35.7 Å². The molecule has 146 valence electrons. The van der Waals surface area contributed by atoms with Gasteiger partial charge < -0.3 is 15.2 Å². The van der Waals surface area contributed by atoms with E-state index in [9.17, 15) is 23.1 Å². The van der Waals surface area contributed by atoms with Crippen molar-refractivity contribution in [1.82, 2.24) is 5.32 Å². The lowest BCUT2D eigenvalue weighted by molar-refractivity contribution is -0.274. The molecule has 0 saturated carbocycles. The highest BCUT2D eigenvalue weighted by Crippen LogP contribution is 2.24. The summed E-state index contributed by atoms with van der Waals surface area (Å²) in [6.07, 6.45) is -4.37. The average Bonchev–Trinajstić information content (AvgIpc) is 2.59. The van der Waals surface area contributed by atoms with Gasteiger partial charge in [0.1, 0.15) is 5.75 Å². The third kappa shape index (κ3) is 7.48. The van der Waals surface area contributed by atoms with Gasteiger partial charge in [-0.3, -0.25) is 4.79 Å². The molecule has 0 aliphatic carbocycles. The number of carbonyl (C=O) groups is 1. The number of amides is 1. The lowest BCUT2D eigenvalue weighted by Gasteiger charge is -2.16. The van der Waals surface area contributed by atoms with Crippen LogP contribution in [-0.4, -0.2) is 30.5 Å².